The average Bonchev–Trinajstić information content (AvgIpc) is 2.84. The molecule has 0 spiro atoms. The summed E-state index contributed by atoms with van der Waals surface area (Å²) in [7, 11) is 0. The smallest absolute Gasteiger partial charge is 0.0568 e. The van der Waals surface area contributed by atoms with Crippen LogP contribution in [-0.4, -0.2) is 11.2 Å². The molecule has 1 fully saturated rings. The van der Waals surface area contributed by atoms with Crippen molar-refractivity contribution >= 4 is 15.9 Å². The lowest BCUT2D eigenvalue weighted by Gasteiger charge is -2.32. The summed E-state index contributed by atoms with van der Waals surface area (Å²) in [6, 6.07) is 18.4. The highest BCUT2D eigenvalue weighted by Crippen LogP contribution is 2.38. The van der Waals surface area contributed by atoms with Crippen LogP contribution in [0.15, 0.2) is 48.5 Å². The Morgan fingerprint density at radius 1 is 0.750 bits per heavy atom. The van der Waals surface area contributed by atoms with Crippen molar-refractivity contribution in [2.45, 2.75) is 108 Å². The Balaban J connectivity index is 1.51. The summed E-state index contributed by atoms with van der Waals surface area (Å²) in [5.74, 6) is 1.17. The van der Waals surface area contributed by atoms with Crippen molar-refractivity contribution in [1.82, 2.24) is 0 Å². The van der Waals surface area contributed by atoms with E-state index in [-0.39, 0.29) is 6.10 Å². The summed E-state index contributed by atoms with van der Waals surface area (Å²) >= 11 is 3.86. The van der Waals surface area contributed by atoms with E-state index < -0.39 is 0 Å². The van der Waals surface area contributed by atoms with Crippen LogP contribution >= 0.6 is 15.9 Å². The molecule has 2 unspecified atom stereocenters. The first-order valence-corrected chi connectivity index (χ1v) is 14.1. The second kappa shape index (κ2) is 13.6. The Labute approximate surface area is 205 Å². The van der Waals surface area contributed by atoms with Gasteiger partial charge in [-0.15, -0.1) is 0 Å². The normalized spacial score (nSPS) is 20.8. The van der Waals surface area contributed by atoms with Gasteiger partial charge in [-0.3, -0.25) is 0 Å². The topological polar surface area (TPSA) is 20.2 Å². The van der Waals surface area contributed by atoms with Crippen LogP contribution in [0.2, 0.25) is 0 Å². The Bertz CT molecular complexity index is 758. The van der Waals surface area contributed by atoms with E-state index in [1.54, 1.807) is 0 Å². The van der Waals surface area contributed by atoms with Gasteiger partial charge in [-0.2, -0.15) is 0 Å². The van der Waals surface area contributed by atoms with Gasteiger partial charge in [0.15, 0.2) is 0 Å². The van der Waals surface area contributed by atoms with Crippen molar-refractivity contribution in [3.8, 4) is 11.1 Å². The van der Waals surface area contributed by atoms with Crippen molar-refractivity contribution in [2.24, 2.45) is 5.92 Å². The van der Waals surface area contributed by atoms with Gasteiger partial charge in [0, 0.05) is 4.83 Å². The van der Waals surface area contributed by atoms with E-state index in [4.69, 9.17) is 0 Å². The van der Waals surface area contributed by atoms with E-state index in [1.165, 1.54) is 92.9 Å². The quantitative estimate of drug-likeness (QED) is 0.228. The molecule has 0 saturated heterocycles. The molecule has 1 N–H and O–H groups in total. The number of alkyl halides is 1. The molecule has 0 aliphatic heterocycles. The van der Waals surface area contributed by atoms with Crippen molar-refractivity contribution in [1.29, 1.82) is 0 Å². The summed E-state index contributed by atoms with van der Waals surface area (Å²) in [5.41, 5.74) is 5.46. The lowest BCUT2D eigenvalue weighted by Crippen LogP contribution is -2.25. The van der Waals surface area contributed by atoms with E-state index in [0.29, 0.717) is 16.7 Å². The first kappa shape index (κ1) is 25.5. The Kier molecular flexibility index (Phi) is 10.8. The molecule has 2 aromatic carbocycles. The van der Waals surface area contributed by atoms with Gasteiger partial charge >= 0.3 is 0 Å². The van der Waals surface area contributed by atoms with E-state index in [1.807, 2.05) is 0 Å². The third kappa shape index (κ3) is 7.45. The summed E-state index contributed by atoms with van der Waals surface area (Å²) in [4.78, 5) is 0.464. The molecule has 0 amide bonds. The third-order valence-corrected chi connectivity index (χ3v) is 8.45. The van der Waals surface area contributed by atoms with E-state index in [2.05, 4.69) is 78.3 Å². The Hall–Kier alpha value is -1.12. The number of unbranched alkanes of at least 4 members (excludes halogenated alkanes) is 4. The molecule has 1 aliphatic rings. The van der Waals surface area contributed by atoms with Gasteiger partial charge in [-0.1, -0.05) is 117 Å². The van der Waals surface area contributed by atoms with Crippen LogP contribution in [0.3, 0.4) is 0 Å². The van der Waals surface area contributed by atoms with Crippen LogP contribution < -0.4 is 0 Å². The maximum absolute atomic E-state index is 10.5. The number of halogens is 1. The Morgan fingerprint density at radius 2 is 1.28 bits per heavy atom. The molecule has 3 rings (SSSR count). The van der Waals surface area contributed by atoms with Gasteiger partial charge in [0.05, 0.1) is 6.10 Å². The minimum absolute atomic E-state index is 0.0846. The summed E-state index contributed by atoms with van der Waals surface area (Å²) < 4.78 is 0. The lowest BCUT2D eigenvalue weighted by atomic mass is 9.76. The molecule has 0 radical (unpaired) electrons. The highest BCUT2D eigenvalue weighted by atomic mass is 79.9. The predicted molar refractivity (Wildman–Crippen MR) is 143 cm³/mol. The summed E-state index contributed by atoms with van der Waals surface area (Å²) in [5, 5.41) is 10.5. The van der Waals surface area contributed by atoms with Gasteiger partial charge in [0.2, 0.25) is 0 Å². The maximum atomic E-state index is 10.5. The molecule has 1 nitrogen and oxygen atoms in total. The SMILES string of the molecule is CCCCCC(Br)c1ccc(-c2ccc(C3CCC(C(O)CCCCC)CC3)cc2)cc1. The van der Waals surface area contributed by atoms with Crippen molar-refractivity contribution in [3.63, 3.8) is 0 Å². The van der Waals surface area contributed by atoms with E-state index in [0.717, 1.165) is 6.42 Å². The third-order valence-electron chi connectivity index (χ3n) is 7.47. The number of hydrogen-bond acceptors (Lipinski definition) is 1. The maximum Gasteiger partial charge on any atom is 0.0568 e. The molecule has 2 atom stereocenters. The van der Waals surface area contributed by atoms with Crippen molar-refractivity contribution in [3.05, 3.63) is 59.7 Å². The number of rotatable bonds is 12. The first-order valence-electron chi connectivity index (χ1n) is 13.1. The lowest BCUT2D eigenvalue weighted by molar-refractivity contribution is 0.0713. The largest absolute Gasteiger partial charge is 0.393 e. The number of benzene rings is 2. The Morgan fingerprint density at radius 3 is 1.84 bits per heavy atom. The molecule has 32 heavy (non-hydrogen) atoms. The molecule has 0 heterocycles. The zero-order valence-electron chi connectivity index (χ0n) is 20.2. The van der Waals surface area contributed by atoms with Gasteiger partial charge in [-0.05, 0) is 72.6 Å². The van der Waals surface area contributed by atoms with Crippen molar-refractivity contribution in [2.75, 3.05) is 0 Å². The highest BCUT2D eigenvalue weighted by Gasteiger charge is 2.26. The fourth-order valence-electron chi connectivity index (χ4n) is 5.25. The van der Waals surface area contributed by atoms with Gasteiger partial charge < -0.3 is 5.11 Å². The van der Waals surface area contributed by atoms with Gasteiger partial charge in [-0.25, -0.2) is 0 Å². The van der Waals surface area contributed by atoms with Crippen LogP contribution in [0, 0.1) is 5.92 Å². The molecule has 2 heteroatoms. The number of aliphatic hydroxyl groups excluding tert-OH is 1. The van der Waals surface area contributed by atoms with Crippen LogP contribution in [0.5, 0.6) is 0 Å². The minimum Gasteiger partial charge on any atom is -0.393 e. The second-order valence-corrected chi connectivity index (χ2v) is 11.0. The molecule has 1 saturated carbocycles. The number of aliphatic hydroxyl groups is 1. The zero-order valence-corrected chi connectivity index (χ0v) is 21.8. The molecule has 1 aliphatic carbocycles. The molecular weight excluding hydrogens is 456 g/mol. The van der Waals surface area contributed by atoms with E-state index in [9.17, 15) is 5.11 Å². The summed E-state index contributed by atoms with van der Waals surface area (Å²) in [6.45, 7) is 4.49. The molecule has 176 valence electrons. The monoisotopic (exact) mass is 498 g/mol. The van der Waals surface area contributed by atoms with Gasteiger partial charge in [0.1, 0.15) is 0 Å². The van der Waals surface area contributed by atoms with E-state index >= 15 is 0 Å². The van der Waals surface area contributed by atoms with Crippen LogP contribution in [0.4, 0.5) is 0 Å². The fraction of sp³-hybridized carbons (Fsp3) is 0.600. The number of hydrogen-bond donors (Lipinski definition) is 1. The molecule has 0 aromatic heterocycles. The summed E-state index contributed by atoms with van der Waals surface area (Å²) in [6.07, 6.45) is 14.4. The van der Waals surface area contributed by atoms with Crippen LogP contribution in [-0.2, 0) is 0 Å². The molecular formula is C30H43BrO. The highest BCUT2D eigenvalue weighted by molar-refractivity contribution is 9.09. The van der Waals surface area contributed by atoms with Crippen LogP contribution in [0.1, 0.15) is 113 Å². The molecule has 0 bridgehead atoms. The van der Waals surface area contributed by atoms with Crippen LogP contribution in [0.25, 0.3) is 11.1 Å². The van der Waals surface area contributed by atoms with Gasteiger partial charge in [0.25, 0.3) is 0 Å². The fourth-order valence-corrected chi connectivity index (χ4v) is 5.88. The van der Waals surface area contributed by atoms with Crippen molar-refractivity contribution < 1.29 is 5.11 Å². The standard InChI is InChI=1S/C30H43BrO/c1-3-5-7-9-29(31)27-19-15-25(16-20-27)23-11-13-24(14-12-23)26-17-21-28(22-18-26)30(32)10-8-6-4-2/h11-16,19-20,26,28-30,32H,3-10,17-18,21-22H2,1-2H3. The zero-order chi connectivity index (χ0) is 22.8. The minimum atomic E-state index is -0.0846. The predicted octanol–water partition coefficient (Wildman–Crippen LogP) is 9.58. The first-order chi connectivity index (χ1) is 15.6. The molecule has 2 aromatic rings. The average molecular weight is 500 g/mol. The second-order valence-electron chi connectivity index (χ2n) is 9.88.